The minimum Gasteiger partial charge on any atom is -0.393 e. The van der Waals surface area contributed by atoms with E-state index in [0.717, 1.165) is 37.1 Å². The minimum atomic E-state index is -0.282. The van der Waals surface area contributed by atoms with Crippen LogP contribution in [-0.4, -0.2) is 22.7 Å². The maximum Gasteiger partial charge on any atom is 0.253 e. The maximum atomic E-state index is 10.7. The number of H-pyrrole nitrogens is 1. The van der Waals surface area contributed by atoms with Crippen LogP contribution in [0.15, 0.2) is 42.6 Å². The Hall–Kier alpha value is -2.66. The lowest BCUT2D eigenvalue weighted by atomic mass is 10.0. The topological polar surface area (TPSA) is 79.1 Å². The number of benzene rings is 2. The van der Waals surface area contributed by atoms with E-state index in [9.17, 15) is 10.0 Å². The smallest absolute Gasteiger partial charge is 0.253 e. The molecule has 0 aliphatic carbocycles. The zero-order valence-corrected chi connectivity index (χ0v) is 15.3. The molecular formula is C21H26N3O2+. The molecule has 0 bridgehead atoms. The number of aliphatic hydroxyl groups excluding tert-OH is 1. The number of hydrogen-bond acceptors (Lipinski definition) is 3. The minimum absolute atomic E-state index is 0.282. The molecular weight excluding hydrogens is 326 g/mol. The second-order valence-electron chi connectivity index (χ2n) is 6.85. The third-order valence-electron chi connectivity index (χ3n) is 4.77. The van der Waals surface area contributed by atoms with Crippen molar-refractivity contribution in [2.45, 2.75) is 39.2 Å². The number of hydrogen-bond donors (Lipinski definition) is 4. The van der Waals surface area contributed by atoms with Crippen LogP contribution in [-0.2, 0) is 12.8 Å². The molecule has 1 aromatic heterocycles. The number of aromatic nitrogens is 1. The van der Waals surface area contributed by atoms with Gasteiger partial charge in [0.2, 0.25) is 0 Å². The molecule has 0 aliphatic rings. The van der Waals surface area contributed by atoms with Crippen molar-refractivity contribution in [3.05, 3.63) is 64.2 Å². The molecule has 0 aliphatic heterocycles. The second-order valence-corrected chi connectivity index (χ2v) is 6.85. The Bertz CT molecular complexity index is 899. The number of anilines is 1. The summed E-state index contributed by atoms with van der Waals surface area (Å²) in [5.41, 5.74) is 6.37. The van der Waals surface area contributed by atoms with Gasteiger partial charge in [-0.1, -0.05) is 18.2 Å². The zero-order valence-electron chi connectivity index (χ0n) is 15.3. The average molecular weight is 352 g/mol. The number of fused-ring (bicyclic) bond motifs is 1. The Kier molecular flexibility index (Phi) is 5.68. The van der Waals surface area contributed by atoms with E-state index in [0.29, 0.717) is 5.69 Å². The summed E-state index contributed by atoms with van der Waals surface area (Å²) in [7, 11) is 0. The number of aryl methyl sites for hydroxylation is 2. The van der Waals surface area contributed by atoms with E-state index in [1.165, 1.54) is 22.0 Å². The predicted octanol–water partition coefficient (Wildman–Crippen LogP) is 2.92. The molecule has 3 aromatic rings. The summed E-state index contributed by atoms with van der Waals surface area (Å²) in [6, 6.07) is 11.9. The van der Waals surface area contributed by atoms with Crippen LogP contribution in [0.3, 0.4) is 0 Å². The first-order chi connectivity index (χ1) is 12.6. The number of nitrogens with one attached hydrogen (secondary N) is 3. The molecule has 5 nitrogen and oxygen atoms in total. The van der Waals surface area contributed by atoms with Crippen molar-refractivity contribution in [1.29, 1.82) is 0 Å². The van der Waals surface area contributed by atoms with Crippen LogP contribution < -0.4 is 10.5 Å². The first-order valence-corrected chi connectivity index (χ1v) is 9.07. The van der Waals surface area contributed by atoms with E-state index < -0.39 is 0 Å². The van der Waals surface area contributed by atoms with Gasteiger partial charge in [-0.05, 0) is 55.9 Å². The third-order valence-corrected chi connectivity index (χ3v) is 4.77. The van der Waals surface area contributed by atoms with Crippen molar-refractivity contribution in [3.8, 4) is 0 Å². The molecule has 2 aromatic carbocycles. The van der Waals surface area contributed by atoms with Crippen molar-refractivity contribution in [2.75, 3.05) is 11.9 Å². The molecule has 136 valence electrons. The van der Waals surface area contributed by atoms with Gasteiger partial charge in [-0.25, -0.2) is 0 Å². The van der Waals surface area contributed by atoms with E-state index in [-0.39, 0.29) is 6.10 Å². The summed E-state index contributed by atoms with van der Waals surface area (Å²) >= 11 is 0. The number of rotatable bonds is 8. The average Bonchev–Trinajstić information content (AvgIpc) is 3.05. The first-order valence-electron chi connectivity index (χ1n) is 9.07. The van der Waals surface area contributed by atoms with Crippen molar-refractivity contribution in [1.82, 2.24) is 4.98 Å². The quantitative estimate of drug-likeness (QED) is 0.503. The normalized spacial score (nSPS) is 12.3. The molecule has 0 saturated heterocycles. The molecule has 26 heavy (non-hydrogen) atoms. The SMILES string of the molecule is Cc1cc([NH+]=O)ccc1NCCc1c[nH]c2c(CCC(C)O)cccc12. The maximum absolute atomic E-state index is 10.7. The van der Waals surface area contributed by atoms with E-state index in [4.69, 9.17) is 0 Å². The lowest BCUT2D eigenvalue weighted by molar-refractivity contribution is -0.379. The Labute approximate surface area is 153 Å². The van der Waals surface area contributed by atoms with Gasteiger partial charge in [0, 0.05) is 51.5 Å². The van der Waals surface area contributed by atoms with E-state index in [1.807, 2.05) is 31.2 Å². The summed E-state index contributed by atoms with van der Waals surface area (Å²) in [6.45, 7) is 4.63. The molecule has 1 unspecified atom stereocenters. The van der Waals surface area contributed by atoms with E-state index in [2.05, 4.69) is 34.7 Å². The number of aliphatic hydroxyl groups is 1. The van der Waals surface area contributed by atoms with Gasteiger partial charge >= 0.3 is 0 Å². The van der Waals surface area contributed by atoms with Gasteiger partial charge < -0.3 is 15.4 Å². The van der Waals surface area contributed by atoms with E-state index >= 15 is 0 Å². The standard InChI is InChI=1S/C21H25N3O2/c1-14-12-18(24-26)8-9-20(14)22-11-10-17-13-23-21-16(7-6-15(2)25)4-3-5-19(17)21/h3-5,8-9,12-13,15,22-23,25H,6-7,10-11H2,1-2H3/p+1. The third kappa shape index (κ3) is 4.11. The van der Waals surface area contributed by atoms with Crippen molar-refractivity contribution in [3.63, 3.8) is 0 Å². The van der Waals surface area contributed by atoms with Gasteiger partial charge in [0.25, 0.3) is 5.69 Å². The van der Waals surface area contributed by atoms with Gasteiger partial charge in [0.15, 0.2) is 0 Å². The fourth-order valence-electron chi connectivity index (χ4n) is 3.31. The predicted molar refractivity (Wildman–Crippen MR) is 106 cm³/mol. The largest absolute Gasteiger partial charge is 0.393 e. The first kappa shape index (κ1) is 18.1. The summed E-state index contributed by atoms with van der Waals surface area (Å²) < 4.78 is 0. The van der Waals surface area contributed by atoms with Crippen LogP contribution >= 0.6 is 0 Å². The molecule has 0 amide bonds. The van der Waals surface area contributed by atoms with Crippen LogP contribution in [0.25, 0.3) is 10.9 Å². The van der Waals surface area contributed by atoms with Gasteiger partial charge in [0.1, 0.15) is 0 Å². The molecule has 0 radical (unpaired) electrons. The summed E-state index contributed by atoms with van der Waals surface area (Å²) in [5.74, 6) is 0. The zero-order chi connectivity index (χ0) is 18.5. The molecule has 1 heterocycles. The molecule has 3 rings (SSSR count). The van der Waals surface area contributed by atoms with E-state index in [1.54, 1.807) is 6.07 Å². The lowest BCUT2D eigenvalue weighted by Crippen LogP contribution is -2.55. The Balaban J connectivity index is 1.68. The Morgan fingerprint density at radius 2 is 2.04 bits per heavy atom. The van der Waals surface area contributed by atoms with Crippen molar-refractivity contribution in [2.24, 2.45) is 0 Å². The van der Waals surface area contributed by atoms with Crippen molar-refractivity contribution >= 4 is 22.3 Å². The highest BCUT2D eigenvalue weighted by Gasteiger charge is 2.09. The second kappa shape index (κ2) is 8.15. The van der Waals surface area contributed by atoms with Gasteiger partial charge in [-0.2, -0.15) is 0 Å². The summed E-state index contributed by atoms with van der Waals surface area (Å²) in [4.78, 5) is 14.1. The fraction of sp³-hybridized carbons (Fsp3) is 0.333. The van der Waals surface area contributed by atoms with Crippen LogP contribution in [0.4, 0.5) is 11.4 Å². The highest BCUT2D eigenvalue weighted by atomic mass is 16.3. The number of nitroso groups, excluding NO2 is 1. The number of aromatic amines is 1. The summed E-state index contributed by atoms with van der Waals surface area (Å²) in [5, 5.41) is 16.1. The molecule has 0 spiro atoms. The molecule has 4 N–H and O–H groups in total. The van der Waals surface area contributed by atoms with Gasteiger partial charge in [-0.3, -0.25) is 0 Å². The molecule has 0 fully saturated rings. The fourth-order valence-corrected chi connectivity index (χ4v) is 3.31. The highest BCUT2D eigenvalue weighted by Crippen LogP contribution is 2.24. The number of para-hydroxylation sites is 1. The van der Waals surface area contributed by atoms with Crippen LogP contribution in [0, 0.1) is 11.8 Å². The van der Waals surface area contributed by atoms with Gasteiger partial charge in [0.05, 0.1) is 6.10 Å². The summed E-state index contributed by atoms with van der Waals surface area (Å²) in [6.07, 6.45) is 4.33. The highest BCUT2D eigenvalue weighted by molar-refractivity contribution is 5.86. The molecule has 1 atom stereocenters. The van der Waals surface area contributed by atoms with Crippen LogP contribution in [0.1, 0.15) is 30.0 Å². The monoisotopic (exact) mass is 352 g/mol. The molecule has 0 saturated carbocycles. The van der Waals surface area contributed by atoms with Gasteiger partial charge in [-0.15, -0.1) is 0 Å². The Morgan fingerprint density at radius 3 is 2.77 bits per heavy atom. The lowest BCUT2D eigenvalue weighted by Gasteiger charge is -2.09. The van der Waals surface area contributed by atoms with Crippen molar-refractivity contribution < 1.29 is 10.3 Å². The van der Waals surface area contributed by atoms with Crippen LogP contribution in [0.2, 0.25) is 0 Å². The molecule has 5 heteroatoms. The Morgan fingerprint density at radius 1 is 1.19 bits per heavy atom. The van der Waals surface area contributed by atoms with Crippen LogP contribution in [0.5, 0.6) is 0 Å².